The predicted octanol–water partition coefficient (Wildman–Crippen LogP) is 2.79. The van der Waals surface area contributed by atoms with Gasteiger partial charge in [-0.3, -0.25) is 9.59 Å². The van der Waals surface area contributed by atoms with E-state index in [-0.39, 0.29) is 17.9 Å². The van der Waals surface area contributed by atoms with Crippen LogP contribution >= 0.6 is 0 Å². The van der Waals surface area contributed by atoms with Crippen LogP contribution in [0.25, 0.3) is 10.9 Å². The lowest BCUT2D eigenvalue weighted by atomic mass is 9.98. The zero-order valence-corrected chi connectivity index (χ0v) is 17.3. The van der Waals surface area contributed by atoms with Crippen LogP contribution in [0.4, 0.5) is 5.82 Å². The van der Waals surface area contributed by atoms with Gasteiger partial charge in [0.15, 0.2) is 0 Å². The molecule has 7 heteroatoms. The van der Waals surface area contributed by atoms with Crippen LogP contribution in [0, 0.1) is 5.92 Å². The zero-order valence-electron chi connectivity index (χ0n) is 17.3. The van der Waals surface area contributed by atoms with Crippen molar-refractivity contribution in [2.24, 2.45) is 5.92 Å². The van der Waals surface area contributed by atoms with Crippen molar-refractivity contribution in [3.8, 4) is 0 Å². The minimum atomic E-state index is -0.567. The third-order valence-corrected chi connectivity index (χ3v) is 5.58. The Balaban J connectivity index is 1.67. The maximum absolute atomic E-state index is 13.0. The normalized spacial score (nSPS) is 22.9. The molecular formula is C22H28N4O3. The maximum Gasteiger partial charge on any atom is 0.313 e. The van der Waals surface area contributed by atoms with E-state index in [1.165, 1.54) is 0 Å². The molecule has 7 nitrogen and oxygen atoms in total. The fraction of sp³-hybridized carbons (Fsp3) is 0.545. The Morgan fingerprint density at radius 3 is 2.69 bits per heavy atom. The Morgan fingerprint density at radius 1 is 1.14 bits per heavy atom. The van der Waals surface area contributed by atoms with Gasteiger partial charge in [0.1, 0.15) is 17.7 Å². The molecule has 0 saturated carbocycles. The lowest BCUT2D eigenvalue weighted by molar-refractivity contribution is -0.161. The maximum atomic E-state index is 13.0. The fourth-order valence-electron chi connectivity index (χ4n) is 4.30. The van der Waals surface area contributed by atoms with Crippen LogP contribution in [0.15, 0.2) is 30.6 Å². The number of amides is 1. The average Bonchev–Trinajstić information content (AvgIpc) is 3.12. The first-order valence-corrected chi connectivity index (χ1v) is 10.3. The largest absolute Gasteiger partial charge is 0.460 e. The van der Waals surface area contributed by atoms with Crippen molar-refractivity contribution in [3.63, 3.8) is 0 Å². The van der Waals surface area contributed by atoms with Crippen molar-refractivity contribution < 1.29 is 14.3 Å². The highest BCUT2D eigenvalue weighted by Crippen LogP contribution is 2.33. The van der Waals surface area contributed by atoms with Crippen molar-refractivity contribution >= 4 is 28.6 Å². The molecule has 154 valence electrons. The Kier molecular flexibility index (Phi) is 5.15. The first kappa shape index (κ1) is 19.6. The lowest BCUT2D eigenvalue weighted by Gasteiger charge is -2.35. The number of rotatable bonds is 3. The summed E-state index contributed by atoms with van der Waals surface area (Å²) in [4.78, 5) is 38.5. The van der Waals surface area contributed by atoms with Gasteiger partial charge < -0.3 is 14.5 Å². The molecule has 2 saturated heterocycles. The summed E-state index contributed by atoms with van der Waals surface area (Å²) in [6, 6.07) is 7.65. The lowest BCUT2D eigenvalue weighted by Crippen LogP contribution is -2.49. The molecule has 1 aromatic heterocycles. The van der Waals surface area contributed by atoms with Gasteiger partial charge in [-0.25, -0.2) is 9.97 Å². The van der Waals surface area contributed by atoms with Crippen molar-refractivity contribution in [1.82, 2.24) is 14.9 Å². The number of piperidine rings is 1. The highest BCUT2D eigenvalue weighted by molar-refractivity contribution is 5.90. The Labute approximate surface area is 171 Å². The molecule has 29 heavy (non-hydrogen) atoms. The van der Waals surface area contributed by atoms with E-state index in [1.807, 2.05) is 49.9 Å². The monoisotopic (exact) mass is 396 g/mol. The van der Waals surface area contributed by atoms with E-state index >= 15 is 0 Å². The van der Waals surface area contributed by atoms with Crippen LogP contribution < -0.4 is 4.90 Å². The van der Waals surface area contributed by atoms with Crippen LogP contribution in [-0.4, -0.2) is 58.0 Å². The van der Waals surface area contributed by atoms with E-state index in [9.17, 15) is 9.59 Å². The van der Waals surface area contributed by atoms with Gasteiger partial charge in [0.05, 0.1) is 17.5 Å². The average molecular weight is 396 g/mol. The molecule has 0 spiro atoms. The molecule has 0 bridgehead atoms. The quantitative estimate of drug-likeness (QED) is 0.743. The van der Waals surface area contributed by atoms with Gasteiger partial charge >= 0.3 is 5.97 Å². The Bertz CT molecular complexity index is 918. The van der Waals surface area contributed by atoms with Crippen LogP contribution in [0.5, 0.6) is 0 Å². The number of esters is 1. The van der Waals surface area contributed by atoms with E-state index < -0.39 is 11.5 Å². The number of carbonyl (C=O) groups excluding carboxylic acids is 2. The number of ether oxygens (including phenoxy) is 1. The van der Waals surface area contributed by atoms with Crippen LogP contribution in [0.3, 0.4) is 0 Å². The molecule has 4 rings (SSSR count). The van der Waals surface area contributed by atoms with Crippen LogP contribution in [-0.2, 0) is 14.3 Å². The van der Waals surface area contributed by atoms with Gasteiger partial charge in [0.25, 0.3) is 0 Å². The SMILES string of the molecule is CC(C)(C)OC(=O)C1CN(c2ncnc3ccccc23)CC1N1CCCCC1=O. The number of anilines is 1. The molecule has 0 radical (unpaired) electrons. The molecule has 1 aromatic carbocycles. The summed E-state index contributed by atoms with van der Waals surface area (Å²) in [7, 11) is 0. The predicted molar refractivity (Wildman–Crippen MR) is 110 cm³/mol. The zero-order chi connectivity index (χ0) is 20.6. The molecule has 0 N–H and O–H groups in total. The van der Waals surface area contributed by atoms with E-state index in [2.05, 4.69) is 14.9 Å². The smallest absolute Gasteiger partial charge is 0.313 e. The number of benzene rings is 1. The van der Waals surface area contributed by atoms with Crippen molar-refractivity contribution in [3.05, 3.63) is 30.6 Å². The summed E-state index contributed by atoms with van der Waals surface area (Å²) >= 11 is 0. The summed E-state index contributed by atoms with van der Waals surface area (Å²) in [5.74, 6) is 0.284. The fourth-order valence-corrected chi connectivity index (χ4v) is 4.30. The number of hydrogen-bond acceptors (Lipinski definition) is 6. The van der Waals surface area contributed by atoms with Crippen LogP contribution in [0.2, 0.25) is 0 Å². The highest BCUT2D eigenvalue weighted by atomic mass is 16.6. The number of hydrogen-bond donors (Lipinski definition) is 0. The minimum Gasteiger partial charge on any atom is -0.460 e. The number of para-hydroxylation sites is 1. The van der Waals surface area contributed by atoms with Crippen molar-refractivity contribution in [2.45, 2.75) is 51.7 Å². The summed E-state index contributed by atoms with van der Waals surface area (Å²) in [6.45, 7) is 7.35. The molecule has 0 aliphatic carbocycles. The molecule has 1 amide bonds. The third-order valence-electron chi connectivity index (χ3n) is 5.58. The number of fused-ring (bicyclic) bond motifs is 1. The van der Waals surface area contributed by atoms with Gasteiger partial charge in [-0.2, -0.15) is 0 Å². The summed E-state index contributed by atoms with van der Waals surface area (Å²) < 4.78 is 5.71. The topological polar surface area (TPSA) is 75.6 Å². The number of aromatic nitrogens is 2. The summed E-state index contributed by atoms with van der Waals surface area (Å²) in [5, 5.41) is 0.948. The van der Waals surface area contributed by atoms with Crippen molar-refractivity contribution in [1.29, 1.82) is 0 Å². The second-order valence-electron chi connectivity index (χ2n) is 8.87. The first-order chi connectivity index (χ1) is 13.8. The van der Waals surface area contributed by atoms with Gasteiger partial charge in [-0.1, -0.05) is 12.1 Å². The molecule has 3 heterocycles. The van der Waals surface area contributed by atoms with Crippen LogP contribution in [0.1, 0.15) is 40.0 Å². The van der Waals surface area contributed by atoms with Gasteiger partial charge in [-0.15, -0.1) is 0 Å². The van der Waals surface area contributed by atoms with Gasteiger partial charge in [0, 0.05) is 31.4 Å². The first-order valence-electron chi connectivity index (χ1n) is 10.3. The molecule has 2 aliphatic rings. The molecule has 2 unspecified atom stereocenters. The molecule has 2 aromatic rings. The van der Waals surface area contributed by atoms with Crippen molar-refractivity contribution in [2.75, 3.05) is 24.5 Å². The highest BCUT2D eigenvalue weighted by Gasteiger charge is 2.45. The molecule has 2 atom stereocenters. The second-order valence-corrected chi connectivity index (χ2v) is 8.87. The van der Waals surface area contributed by atoms with Gasteiger partial charge in [0.2, 0.25) is 5.91 Å². The van der Waals surface area contributed by atoms with E-state index in [4.69, 9.17) is 4.74 Å². The molecule has 2 aliphatic heterocycles. The summed E-state index contributed by atoms with van der Waals surface area (Å²) in [5.41, 5.74) is 0.298. The minimum absolute atomic E-state index is 0.129. The van der Waals surface area contributed by atoms with Gasteiger partial charge in [-0.05, 0) is 45.7 Å². The van der Waals surface area contributed by atoms with E-state index in [0.717, 1.165) is 29.6 Å². The Hall–Kier alpha value is -2.70. The number of carbonyl (C=O) groups is 2. The Morgan fingerprint density at radius 2 is 1.93 bits per heavy atom. The second kappa shape index (κ2) is 7.61. The van der Waals surface area contributed by atoms with E-state index in [0.29, 0.717) is 26.1 Å². The standard InChI is InChI=1S/C22H28N4O3/c1-22(2,3)29-21(28)16-12-25(13-18(16)26-11-7-6-10-19(26)27)20-15-8-4-5-9-17(15)23-14-24-20/h4-5,8-9,14,16,18H,6-7,10-13H2,1-3H3. The third kappa shape index (κ3) is 4.04. The summed E-state index contributed by atoms with van der Waals surface area (Å²) in [6.07, 6.45) is 3.99. The van der Waals surface area contributed by atoms with E-state index in [1.54, 1.807) is 6.33 Å². The molecular weight excluding hydrogens is 368 g/mol. The number of nitrogens with zero attached hydrogens (tertiary/aromatic N) is 4. The molecule has 2 fully saturated rings. The number of likely N-dealkylation sites (tertiary alicyclic amines) is 1.